The number of piperazine rings is 1. The van der Waals surface area contributed by atoms with Crippen molar-refractivity contribution in [2.24, 2.45) is 11.8 Å². The molecule has 2 saturated heterocycles. The van der Waals surface area contributed by atoms with Crippen molar-refractivity contribution in [3.05, 3.63) is 47.9 Å². The van der Waals surface area contributed by atoms with E-state index in [2.05, 4.69) is 27.3 Å². The van der Waals surface area contributed by atoms with Crippen LogP contribution in [0, 0.1) is 11.8 Å². The predicted molar refractivity (Wildman–Crippen MR) is 178 cm³/mol. The fraction of sp³-hybridized carbons (Fsp3) is 0.618. The van der Waals surface area contributed by atoms with Gasteiger partial charge in [0.25, 0.3) is 5.91 Å². The van der Waals surface area contributed by atoms with Gasteiger partial charge in [0.1, 0.15) is 17.2 Å². The molecule has 0 aliphatic carbocycles. The van der Waals surface area contributed by atoms with Crippen LogP contribution in [0.3, 0.4) is 0 Å². The summed E-state index contributed by atoms with van der Waals surface area (Å²) in [5.74, 6) is 0.289. The van der Waals surface area contributed by atoms with E-state index in [1.165, 1.54) is 4.90 Å². The molecule has 1 aromatic carbocycles. The van der Waals surface area contributed by atoms with Crippen LogP contribution < -0.4 is 10.2 Å². The maximum atomic E-state index is 14.4. The fourth-order valence-electron chi connectivity index (χ4n) is 6.12. The summed E-state index contributed by atoms with van der Waals surface area (Å²) in [4.78, 5) is 57.1. The number of ether oxygens (including phenoxy) is 1. The number of carbonyl (C=O) groups is 3. The van der Waals surface area contributed by atoms with Gasteiger partial charge in [0, 0.05) is 83.4 Å². The van der Waals surface area contributed by atoms with Crippen molar-refractivity contribution in [1.82, 2.24) is 24.7 Å². The van der Waals surface area contributed by atoms with Crippen molar-refractivity contribution in [2.75, 3.05) is 76.3 Å². The Balaban J connectivity index is 1.57. The van der Waals surface area contributed by atoms with Gasteiger partial charge in [-0.05, 0) is 30.9 Å². The summed E-state index contributed by atoms with van der Waals surface area (Å²) in [6.07, 6.45) is 1.60. The van der Waals surface area contributed by atoms with E-state index in [-0.39, 0.29) is 36.2 Å². The minimum Gasteiger partial charge on any atom is -0.465 e. The number of anilines is 2. The van der Waals surface area contributed by atoms with Gasteiger partial charge in [0.05, 0.1) is 12.0 Å². The third-order valence-electron chi connectivity index (χ3n) is 8.53. The van der Waals surface area contributed by atoms with Gasteiger partial charge in [-0.2, -0.15) is 0 Å². The molecule has 0 saturated carbocycles. The van der Waals surface area contributed by atoms with E-state index in [0.29, 0.717) is 69.5 Å². The van der Waals surface area contributed by atoms with E-state index in [0.717, 1.165) is 12.1 Å². The summed E-state index contributed by atoms with van der Waals surface area (Å²) in [6.45, 7) is 14.4. The number of methoxy groups -OCH3 is 1. The number of benzene rings is 1. The third kappa shape index (κ3) is 8.86. The molecule has 12 nitrogen and oxygen atoms in total. The summed E-state index contributed by atoms with van der Waals surface area (Å²) in [5.41, 5.74) is 1.13. The van der Waals surface area contributed by atoms with Crippen molar-refractivity contribution < 1.29 is 24.2 Å². The van der Waals surface area contributed by atoms with Crippen LogP contribution in [0.2, 0.25) is 0 Å². The number of rotatable bonds is 11. The van der Waals surface area contributed by atoms with Crippen LogP contribution in [0.15, 0.2) is 36.5 Å². The van der Waals surface area contributed by atoms with Gasteiger partial charge in [-0.3, -0.25) is 9.59 Å². The van der Waals surface area contributed by atoms with Crippen LogP contribution >= 0.6 is 0 Å². The number of amides is 3. The molecule has 2 aliphatic heterocycles. The molecule has 3 amide bonds. The topological polar surface area (TPSA) is 131 Å². The lowest BCUT2D eigenvalue weighted by atomic mass is 9.91. The first-order chi connectivity index (χ1) is 21.9. The monoisotopic (exact) mass is 637 g/mol. The molecule has 0 radical (unpaired) electrons. The van der Waals surface area contributed by atoms with E-state index in [1.54, 1.807) is 18.2 Å². The number of hydrogen-bond donors (Lipinski definition) is 2. The van der Waals surface area contributed by atoms with Crippen LogP contribution in [0.4, 0.5) is 16.3 Å². The zero-order chi connectivity index (χ0) is 33.4. The molecule has 4 rings (SSSR count). The normalized spacial score (nSPS) is 18.9. The minimum absolute atomic E-state index is 0.0565. The van der Waals surface area contributed by atoms with Crippen LogP contribution in [0.5, 0.6) is 0 Å². The molecule has 0 spiro atoms. The summed E-state index contributed by atoms with van der Waals surface area (Å²) >= 11 is 0. The van der Waals surface area contributed by atoms with Gasteiger partial charge in [-0.1, -0.05) is 52.8 Å². The standard InChI is InChI=1S/C34H51N7O5/c1-24(2)21-41(31(43)28-20-36-32(34(3,4)5)37-29(28)35-13-10-18-46-6)27-19-25(22-40(23-27)33(44)45)30(42)39-16-14-38(15-17-39)26-11-8-7-9-12-26/h7-9,11-12,20,24-25,27H,10,13-19,21-23H2,1-6H3,(H,44,45)(H,35,36,37)/t25-,27+/m1/s1. The van der Waals surface area contributed by atoms with Crippen LogP contribution in [-0.2, 0) is 14.9 Å². The first-order valence-electron chi connectivity index (χ1n) is 16.4. The highest BCUT2D eigenvalue weighted by molar-refractivity contribution is 5.98. The number of nitrogens with one attached hydrogen (secondary N) is 1. The smallest absolute Gasteiger partial charge is 0.407 e. The Labute approximate surface area is 273 Å². The Bertz CT molecular complexity index is 1320. The first-order valence-corrected chi connectivity index (χ1v) is 16.4. The molecule has 2 atom stereocenters. The second kappa shape index (κ2) is 15.6. The molecule has 2 N–H and O–H groups in total. The van der Waals surface area contributed by atoms with Crippen molar-refractivity contribution in [3.8, 4) is 0 Å². The van der Waals surface area contributed by atoms with Crippen molar-refractivity contribution in [1.29, 1.82) is 0 Å². The SMILES string of the molecule is COCCCNc1nc(C(C)(C)C)ncc1C(=O)N(CC(C)C)[C@H]1C[C@@H](C(=O)N2CCN(c3ccccc3)CC2)CN(C(=O)O)C1. The van der Waals surface area contributed by atoms with Crippen molar-refractivity contribution >= 4 is 29.4 Å². The minimum atomic E-state index is -1.09. The summed E-state index contributed by atoms with van der Waals surface area (Å²) in [6, 6.07) is 9.64. The second-order valence-electron chi connectivity index (χ2n) is 13.8. The quantitative estimate of drug-likeness (QED) is 0.351. The zero-order valence-electron chi connectivity index (χ0n) is 28.2. The molecule has 3 heterocycles. The molecular formula is C34H51N7O5. The zero-order valence-corrected chi connectivity index (χ0v) is 28.2. The number of nitrogens with zero attached hydrogens (tertiary/aromatic N) is 6. The van der Waals surface area contributed by atoms with E-state index in [9.17, 15) is 19.5 Å². The third-order valence-corrected chi connectivity index (χ3v) is 8.53. The maximum Gasteiger partial charge on any atom is 0.407 e. The van der Waals surface area contributed by atoms with Crippen LogP contribution in [0.25, 0.3) is 0 Å². The van der Waals surface area contributed by atoms with Gasteiger partial charge < -0.3 is 34.8 Å². The molecule has 1 aromatic heterocycles. The number of carbonyl (C=O) groups excluding carboxylic acids is 2. The Kier molecular flexibility index (Phi) is 11.8. The number of hydrogen-bond acceptors (Lipinski definition) is 8. The summed E-state index contributed by atoms with van der Waals surface area (Å²) in [5, 5.41) is 13.4. The molecule has 2 aromatic rings. The van der Waals surface area contributed by atoms with E-state index < -0.39 is 18.1 Å². The number of likely N-dealkylation sites (tertiary alicyclic amines) is 1. The summed E-state index contributed by atoms with van der Waals surface area (Å²) < 4.78 is 5.19. The van der Waals surface area contributed by atoms with E-state index in [4.69, 9.17) is 9.72 Å². The average Bonchev–Trinajstić information content (AvgIpc) is 3.04. The van der Waals surface area contributed by atoms with Gasteiger partial charge in [0.15, 0.2) is 0 Å². The first kappa shape index (κ1) is 34.9. The van der Waals surface area contributed by atoms with Gasteiger partial charge in [-0.25, -0.2) is 14.8 Å². The van der Waals surface area contributed by atoms with Crippen molar-refractivity contribution in [2.45, 2.75) is 58.9 Å². The van der Waals surface area contributed by atoms with E-state index in [1.807, 2.05) is 57.7 Å². The summed E-state index contributed by atoms with van der Waals surface area (Å²) in [7, 11) is 1.65. The highest BCUT2D eigenvalue weighted by Crippen LogP contribution is 2.29. The fourth-order valence-corrected chi connectivity index (χ4v) is 6.12. The van der Waals surface area contributed by atoms with Gasteiger partial charge >= 0.3 is 6.09 Å². The number of carboxylic acid groups (broad SMARTS) is 1. The number of aromatic nitrogens is 2. The Morgan fingerprint density at radius 1 is 1.07 bits per heavy atom. The molecule has 252 valence electrons. The molecule has 2 aliphatic rings. The molecule has 12 heteroatoms. The largest absolute Gasteiger partial charge is 0.465 e. The van der Waals surface area contributed by atoms with Crippen LogP contribution in [0.1, 0.15) is 63.6 Å². The molecule has 46 heavy (non-hydrogen) atoms. The Morgan fingerprint density at radius 3 is 2.37 bits per heavy atom. The molecule has 0 unspecified atom stereocenters. The van der Waals surface area contributed by atoms with E-state index >= 15 is 0 Å². The molecule has 2 fully saturated rings. The lowest BCUT2D eigenvalue weighted by Crippen LogP contribution is -2.58. The second-order valence-corrected chi connectivity index (χ2v) is 13.8. The highest BCUT2D eigenvalue weighted by atomic mass is 16.5. The van der Waals surface area contributed by atoms with Gasteiger partial charge in [-0.15, -0.1) is 0 Å². The molecular weight excluding hydrogens is 586 g/mol. The van der Waals surface area contributed by atoms with Crippen LogP contribution in [-0.4, -0.2) is 120 Å². The van der Waals surface area contributed by atoms with Crippen molar-refractivity contribution in [3.63, 3.8) is 0 Å². The lowest BCUT2D eigenvalue weighted by Gasteiger charge is -2.44. The highest BCUT2D eigenvalue weighted by Gasteiger charge is 2.41. The lowest BCUT2D eigenvalue weighted by molar-refractivity contribution is -0.138. The van der Waals surface area contributed by atoms with Gasteiger partial charge in [0.2, 0.25) is 5.91 Å². The number of para-hydroxylation sites is 1. The number of piperidine rings is 1. The average molecular weight is 638 g/mol. The Hall–Kier alpha value is -3.93. The Morgan fingerprint density at radius 2 is 1.76 bits per heavy atom. The maximum absolute atomic E-state index is 14.4. The molecule has 0 bridgehead atoms. The predicted octanol–water partition coefficient (Wildman–Crippen LogP) is 4.04.